The molecule has 0 unspecified atom stereocenters. The van der Waals surface area contributed by atoms with Gasteiger partial charge >= 0.3 is 0 Å². The first-order valence-electron chi connectivity index (χ1n) is 7.47. The number of halogens is 4. The van der Waals surface area contributed by atoms with E-state index in [4.69, 9.17) is 33.7 Å². The van der Waals surface area contributed by atoms with Crippen molar-refractivity contribution < 1.29 is 13.5 Å². The summed E-state index contributed by atoms with van der Waals surface area (Å²) in [6.07, 6.45) is -0.292. The van der Waals surface area contributed by atoms with Crippen molar-refractivity contribution in [3.8, 4) is 11.5 Å². The van der Waals surface area contributed by atoms with E-state index < -0.39 is 11.3 Å². The summed E-state index contributed by atoms with van der Waals surface area (Å²) in [6, 6.07) is 8.46. The lowest BCUT2D eigenvalue weighted by atomic mass is 9.63. The molecule has 2 aliphatic rings. The summed E-state index contributed by atoms with van der Waals surface area (Å²) in [5.74, 6) is -1.80. The Balaban J connectivity index is 1.67. The van der Waals surface area contributed by atoms with E-state index in [-0.39, 0.29) is 12.8 Å². The zero-order chi connectivity index (χ0) is 17.1. The molecule has 0 bridgehead atoms. The van der Waals surface area contributed by atoms with Gasteiger partial charge < -0.3 is 15.8 Å². The number of fused-ring (bicyclic) bond motifs is 2. The smallest absolute Gasteiger partial charge is 0.250 e. The Morgan fingerprint density at radius 3 is 2.38 bits per heavy atom. The highest BCUT2D eigenvalue weighted by molar-refractivity contribution is 6.37. The van der Waals surface area contributed by atoms with Crippen molar-refractivity contribution in [2.45, 2.75) is 24.2 Å². The van der Waals surface area contributed by atoms with Gasteiger partial charge in [0.1, 0.15) is 5.75 Å². The third-order valence-corrected chi connectivity index (χ3v) is 5.18. The van der Waals surface area contributed by atoms with Crippen LogP contribution in [0.1, 0.15) is 18.4 Å². The molecule has 2 aromatic carbocycles. The molecule has 3 N–H and O–H groups in total. The van der Waals surface area contributed by atoms with Gasteiger partial charge in [0, 0.05) is 36.2 Å². The summed E-state index contributed by atoms with van der Waals surface area (Å²) in [4.78, 5) is 0. The van der Waals surface area contributed by atoms with E-state index in [2.05, 4.69) is 5.32 Å². The van der Waals surface area contributed by atoms with Crippen LogP contribution in [0.4, 0.5) is 20.2 Å². The van der Waals surface area contributed by atoms with Crippen LogP contribution in [0.5, 0.6) is 11.5 Å². The fourth-order valence-electron chi connectivity index (χ4n) is 3.59. The van der Waals surface area contributed by atoms with Gasteiger partial charge in [-0.25, -0.2) is 8.78 Å². The molecule has 1 aliphatic carbocycles. The van der Waals surface area contributed by atoms with Gasteiger partial charge in [-0.15, -0.1) is 0 Å². The van der Waals surface area contributed by atoms with Crippen LogP contribution in [-0.2, 0) is 5.41 Å². The molecule has 24 heavy (non-hydrogen) atoms. The van der Waals surface area contributed by atoms with Crippen LogP contribution in [0.3, 0.4) is 0 Å². The Kier molecular flexibility index (Phi) is 3.38. The number of nitrogens with two attached hydrogens (primary N) is 1. The van der Waals surface area contributed by atoms with E-state index in [9.17, 15) is 8.78 Å². The number of anilines is 2. The highest BCUT2D eigenvalue weighted by atomic mass is 35.5. The molecule has 3 nitrogen and oxygen atoms in total. The molecule has 0 aromatic heterocycles. The zero-order valence-corrected chi connectivity index (χ0v) is 14.0. The lowest BCUT2D eigenvalue weighted by Gasteiger charge is -2.44. The minimum absolute atomic E-state index is 0.146. The maximum atomic E-state index is 13.4. The Labute approximate surface area is 147 Å². The number of rotatable bonds is 2. The topological polar surface area (TPSA) is 47.3 Å². The molecule has 1 aliphatic heterocycles. The molecular weight excluding hydrogens is 357 g/mol. The molecule has 0 atom stereocenters. The fourth-order valence-corrected chi connectivity index (χ4v) is 4.17. The van der Waals surface area contributed by atoms with E-state index in [1.54, 1.807) is 24.3 Å². The summed E-state index contributed by atoms with van der Waals surface area (Å²) in [7, 11) is 0. The molecule has 2 aromatic rings. The normalized spacial score (nSPS) is 19.5. The number of alkyl halides is 2. The molecule has 0 amide bonds. The highest BCUT2D eigenvalue weighted by Gasteiger charge is 2.59. The van der Waals surface area contributed by atoms with Crippen LogP contribution >= 0.6 is 23.2 Å². The maximum Gasteiger partial charge on any atom is 0.250 e. The van der Waals surface area contributed by atoms with Gasteiger partial charge in [-0.1, -0.05) is 23.2 Å². The first-order valence-corrected chi connectivity index (χ1v) is 8.22. The quantitative estimate of drug-likeness (QED) is 0.689. The van der Waals surface area contributed by atoms with E-state index in [1.807, 2.05) is 6.07 Å². The molecule has 1 heterocycles. The fraction of sp³-hybridized carbons (Fsp3) is 0.294. The van der Waals surface area contributed by atoms with Crippen molar-refractivity contribution in [3.63, 3.8) is 0 Å². The van der Waals surface area contributed by atoms with Crippen LogP contribution in [-0.4, -0.2) is 12.5 Å². The zero-order valence-electron chi connectivity index (χ0n) is 12.5. The highest BCUT2D eigenvalue weighted by Crippen LogP contribution is 2.58. The summed E-state index contributed by atoms with van der Waals surface area (Å²) in [6.45, 7) is 0.519. The Morgan fingerprint density at radius 2 is 1.75 bits per heavy atom. The van der Waals surface area contributed by atoms with Crippen LogP contribution in [0, 0.1) is 0 Å². The molecule has 1 fully saturated rings. The number of benzene rings is 2. The van der Waals surface area contributed by atoms with Crippen molar-refractivity contribution >= 4 is 34.6 Å². The molecular formula is C17H14Cl2F2N2O. The van der Waals surface area contributed by atoms with Crippen molar-refractivity contribution in [1.29, 1.82) is 0 Å². The van der Waals surface area contributed by atoms with Gasteiger partial charge in [-0.2, -0.15) is 0 Å². The summed E-state index contributed by atoms with van der Waals surface area (Å²) in [5.41, 5.74) is 7.32. The SMILES string of the molecule is Nc1cc(Cl)c(Oc2ccc3c(c2)C2(CN3)CC(F)(F)C2)c(Cl)c1. The lowest BCUT2D eigenvalue weighted by Crippen LogP contribution is -2.50. The number of ether oxygens (including phenoxy) is 1. The van der Waals surface area contributed by atoms with Gasteiger partial charge in [-0.05, 0) is 35.9 Å². The lowest BCUT2D eigenvalue weighted by molar-refractivity contribution is -0.120. The second-order valence-electron chi connectivity index (χ2n) is 6.47. The van der Waals surface area contributed by atoms with E-state index >= 15 is 0 Å². The second kappa shape index (κ2) is 5.14. The second-order valence-corrected chi connectivity index (χ2v) is 7.28. The van der Waals surface area contributed by atoms with Crippen molar-refractivity contribution in [3.05, 3.63) is 45.9 Å². The Morgan fingerprint density at radius 1 is 1.08 bits per heavy atom. The molecule has 0 radical (unpaired) electrons. The molecule has 7 heteroatoms. The first-order chi connectivity index (χ1) is 11.3. The largest absolute Gasteiger partial charge is 0.454 e. The molecule has 0 saturated heterocycles. The molecule has 4 rings (SSSR count). The average Bonchev–Trinajstić information content (AvgIpc) is 2.80. The van der Waals surface area contributed by atoms with Gasteiger partial charge in [0.05, 0.1) is 10.0 Å². The number of nitrogen functional groups attached to an aromatic ring is 1. The Hall–Kier alpha value is -1.72. The summed E-state index contributed by atoms with van der Waals surface area (Å²) < 4.78 is 32.6. The number of nitrogens with one attached hydrogen (secondary N) is 1. The predicted octanol–water partition coefficient (Wildman–Crippen LogP) is 5.46. The summed E-state index contributed by atoms with van der Waals surface area (Å²) in [5, 5.41) is 3.78. The predicted molar refractivity (Wildman–Crippen MR) is 91.7 cm³/mol. The third-order valence-electron chi connectivity index (χ3n) is 4.61. The average molecular weight is 371 g/mol. The van der Waals surface area contributed by atoms with Crippen LogP contribution < -0.4 is 15.8 Å². The van der Waals surface area contributed by atoms with Gasteiger partial charge in [0.25, 0.3) is 0 Å². The van der Waals surface area contributed by atoms with E-state index in [0.717, 1.165) is 11.3 Å². The third kappa shape index (κ3) is 2.47. The van der Waals surface area contributed by atoms with Gasteiger partial charge in [0.15, 0.2) is 5.75 Å². The molecule has 126 valence electrons. The van der Waals surface area contributed by atoms with Crippen LogP contribution in [0.25, 0.3) is 0 Å². The minimum Gasteiger partial charge on any atom is -0.454 e. The van der Waals surface area contributed by atoms with E-state index in [1.165, 1.54) is 0 Å². The summed E-state index contributed by atoms with van der Waals surface area (Å²) >= 11 is 12.3. The van der Waals surface area contributed by atoms with Crippen molar-refractivity contribution in [1.82, 2.24) is 0 Å². The van der Waals surface area contributed by atoms with Gasteiger partial charge in [-0.3, -0.25) is 0 Å². The number of hydrogen-bond acceptors (Lipinski definition) is 3. The number of hydrogen-bond donors (Lipinski definition) is 2. The standard InChI is InChI=1S/C17H14Cl2F2N2O/c18-12-3-9(22)4-13(19)15(12)24-10-1-2-14-11(5-10)16(8-23-14)6-17(20,21)7-16/h1-5,23H,6-8,22H2. The van der Waals surface area contributed by atoms with Crippen LogP contribution in [0.2, 0.25) is 10.0 Å². The van der Waals surface area contributed by atoms with Crippen molar-refractivity contribution in [2.75, 3.05) is 17.6 Å². The van der Waals surface area contributed by atoms with Crippen LogP contribution in [0.15, 0.2) is 30.3 Å². The Bertz CT molecular complexity index is 810. The van der Waals surface area contributed by atoms with Crippen molar-refractivity contribution in [2.24, 2.45) is 0 Å². The minimum atomic E-state index is -2.59. The first kappa shape index (κ1) is 15.8. The monoisotopic (exact) mass is 370 g/mol. The van der Waals surface area contributed by atoms with E-state index in [0.29, 0.717) is 33.8 Å². The molecule has 1 saturated carbocycles. The molecule has 1 spiro atoms. The van der Waals surface area contributed by atoms with Gasteiger partial charge in [0.2, 0.25) is 5.92 Å². The maximum absolute atomic E-state index is 13.4.